The van der Waals surface area contributed by atoms with Crippen LogP contribution >= 0.6 is 11.8 Å². The highest BCUT2D eigenvalue weighted by Crippen LogP contribution is 2.32. The van der Waals surface area contributed by atoms with Crippen molar-refractivity contribution < 1.29 is 0 Å². The quantitative estimate of drug-likeness (QED) is 0.888. The molecule has 1 heterocycles. The molecule has 108 valence electrons. The molecule has 1 aromatic heterocycles. The van der Waals surface area contributed by atoms with Gasteiger partial charge in [-0.25, -0.2) is 9.89 Å². The van der Waals surface area contributed by atoms with Crippen molar-refractivity contribution in [2.24, 2.45) is 5.73 Å². The number of benzene rings is 1. The van der Waals surface area contributed by atoms with Crippen molar-refractivity contribution in [2.75, 3.05) is 0 Å². The fourth-order valence-corrected chi connectivity index (χ4v) is 3.18. The van der Waals surface area contributed by atoms with E-state index < -0.39 is 0 Å². The summed E-state index contributed by atoms with van der Waals surface area (Å²) < 4.78 is 1.65. The van der Waals surface area contributed by atoms with Gasteiger partial charge in [0.1, 0.15) is 0 Å². The minimum atomic E-state index is -0.181. The zero-order valence-corrected chi connectivity index (χ0v) is 12.8. The smallest absolute Gasteiger partial charge is 0.324 e. The number of nitrogens with two attached hydrogens (primary N) is 1. The van der Waals surface area contributed by atoms with E-state index in [1.165, 1.54) is 11.8 Å². The molecule has 0 aliphatic rings. The van der Waals surface area contributed by atoms with E-state index in [1.807, 2.05) is 38.1 Å². The number of aromatic nitrogens is 3. The largest absolute Gasteiger partial charge is 0.344 e. The number of nitrogens with zero attached hydrogens (tertiary/aromatic N) is 2. The molecule has 0 saturated carbocycles. The number of hydrogen-bond acceptors (Lipinski definition) is 4. The second kappa shape index (κ2) is 6.28. The molecule has 6 heteroatoms. The first kappa shape index (κ1) is 14.9. The Labute approximate surface area is 122 Å². The Morgan fingerprint density at radius 1 is 1.40 bits per heavy atom. The van der Waals surface area contributed by atoms with Crippen LogP contribution in [0.4, 0.5) is 0 Å². The molecule has 20 heavy (non-hydrogen) atoms. The molecule has 2 aromatic rings. The van der Waals surface area contributed by atoms with E-state index in [9.17, 15) is 4.79 Å². The number of rotatable bonds is 5. The summed E-state index contributed by atoms with van der Waals surface area (Å²) in [7, 11) is 0. The van der Waals surface area contributed by atoms with E-state index in [0.29, 0.717) is 5.16 Å². The zero-order valence-electron chi connectivity index (χ0n) is 12.0. The first-order valence-corrected chi connectivity index (χ1v) is 7.55. The summed E-state index contributed by atoms with van der Waals surface area (Å²) in [6.07, 6.45) is 0.870. The minimum absolute atomic E-state index is 0.00290. The summed E-state index contributed by atoms with van der Waals surface area (Å²) in [5.41, 5.74) is 7.05. The van der Waals surface area contributed by atoms with E-state index in [1.54, 1.807) is 4.57 Å². The van der Waals surface area contributed by atoms with Gasteiger partial charge in [0, 0.05) is 17.0 Å². The lowest BCUT2D eigenvalue weighted by Crippen LogP contribution is -2.19. The Morgan fingerprint density at radius 2 is 2.10 bits per heavy atom. The van der Waals surface area contributed by atoms with Crippen LogP contribution in [0.3, 0.4) is 0 Å². The van der Waals surface area contributed by atoms with Crippen LogP contribution in [0.5, 0.6) is 0 Å². The summed E-state index contributed by atoms with van der Waals surface area (Å²) >= 11 is 1.47. The van der Waals surface area contributed by atoms with Crippen LogP contribution in [0.15, 0.2) is 39.1 Å². The fraction of sp³-hybridized carbons (Fsp3) is 0.429. The standard InChI is InChI=1S/C14H20N4OS/c1-4-11(15)10-7-5-6-8-12(10)20-14-17-16-13(19)18(14)9(2)3/h5-9,11H,4,15H2,1-3H3,(H,16,19). The Morgan fingerprint density at radius 3 is 2.75 bits per heavy atom. The van der Waals surface area contributed by atoms with Gasteiger partial charge in [-0.15, -0.1) is 5.10 Å². The van der Waals surface area contributed by atoms with Crippen molar-refractivity contribution in [1.82, 2.24) is 14.8 Å². The first-order valence-electron chi connectivity index (χ1n) is 6.73. The van der Waals surface area contributed by atoms with Gasteiger partial charge in [-0.2, -0.15) is 0 Å². The molecule has 3 N–H and O–H groups in total. The average Bonchev–Trinajstić information content (AvgIpc) is 2.79. The van der Waals surface area contributed by atoms with Gasteiger partial charge in [-0.1, -0.05) is 25.1 Å². The fourth-order valence-electron chi connectivity index (χ4n) is 2.02. The molecule has 0 bridgehead atoms. The highest BCUT2D eigenvalue weighted by atomic mass is 32.2. The third kappa shape index (κ3) is 2.96. The van der Waals surface area contributed by atoms with E-state index in [-0.39, 0.29) is 17.8 Å². The summed E-state index contributed by atoms with van der Waals surface area (Å²) in [6.45, 7) is 5.99. The summed E-state index contributed by atoms with van der Waals surface area (Å²) in [4.78, 5) is 12.8. The third-order valence-electron chi connectivity index (χ3n) is 3.15. The van der Waals surface area contributed by atoms with Crippen LogP contribution in [0.25, 0.3) is 0 Å². The molecule has 0 fully saturated rings. The van der Waals surface area contributed by atoms with Crippen LogP contribution in [-0.4, -0.2) is 14.8 Å². The first-order chi connectivity index (χ1) is 9.54. The molecular weight excluding hydrogens is 272 g/mol. The average molecular weight is 292 g/mol. The second-order valence-electron chi connectivity index (χ2n) is 4.93. The molecule has 5 nitrogen and oxygen atoms in total. The second-order valence-corrected chi connectivity index (χ2v) is 5.94. The van der Waals surface area contributed by atoms with Gasteiger partial charge in [0.25, 0.3) is 0 Å². The summed E-state index contributed by atoms with van der Waals surface area (Å²) in [5, 5.41) is 7.28. The molecule has 0 radical (unpaired) electrons. The maximum atomic E-state index is 11.8. The molecule has 0 saturated heterocycles. The van der Waals surface area contributed by atoms with Crippen molar-refractivity contribution in [3.8, 4) is 0 Å². The van der Waals surface area contributed by atoms with Gasteiger partial charge >= 0.3 is 5.69 Å². The molecule has 2 rings (SSSR count). The summed E-state index contributed by atoms with van der Waals surface area (Å²) in [5.74, 6) is 0. The molecule has 1 unspecified atom stereocenters. The molecular formula is C14H20N4OS. The van der Waals surface area contributed by atoms with Crippen molar-refractivity contribution in [1.29, 1.82) is 0 Å². The van der Waals surface area contributed by atoms with Crippen molar-refractivity contribution in [3.63, 3.8) is 0 Å². The highest BCUT2D eigenvalue weighted by Gasteiger charge is 2.16. The molecule has 1 aromatic carbocycles. The van der Waals surface area contributed by atoms with Gasteiger partial charge in [0.2, 0.25) is 0 Å². The predicted molar refractivity (Wildman–Crippen MR) is 81.0 cm³/mol. The van der Waals surface area contributed by atoms with Gasteiger partial charge in [0.05, 0.1) is 0 Å². The molecule has 0 amide bonds. The molecule has 1 atom stereocenters. The van der Waals surface area contributed by atoms with E-state index >= 15 is 0 Å². The molecule has 0 aliphatic carbocycles. The lowest BCUT2D eigenvalue weighted by molar-refractivity contribution is 0.534. The number of nitrogens with one attached hydrogen (secondary N) is 1. The molecule has 0 aliphatic heterocycles. The van der Waals surface area contributed by atoms with Crippen molar-refractivity contribution >= 4 is 11.8 Å². The van der Waals surface area contributed by atoms with E-state index in [2.05, 4.69) is 17.1 Å². The summed E-state index contributed by atoms with van der Waals surface area (Å²) in [6, 6.07) is 8.06. The monoisotopic (exact) mass is 292 g/mol. The van der Waals surface area contributed by atoms with Crippen LogP contribution in [-0.2, 0) is 0 Å². The van der Waals surface area contributed by atoms with Crippen molar-refractivity contribution in [2.45, 2.75) is 49.3 Å². The third-order valence-corrected chi connectivity index (χ3v) is 4.21. The Bertz CT molecular complexity index is 632. The number of H-pyrrole nitrogens is 1. The van der Waals surface area contributed by atoms with E-state index in [0.717, 1.165) is 16.9 Å². The van der Waals surface area contributed by atoms with Crippen LogP contribution in [0.1, 0.15) is 44.8 Å². The van der Waals surface area contributed by atoms with Crippen molar-refractivity contribution in [3.05, 3.63) is 40.3 Å². The maximum Gasteiger partial charge on any atom is 0.344 e. The van der Waals surface area contributed by atoms with E-state index in [4.69, 9.17) is 5.73 Å². The maximum absolute atomic E-state index is 11.8. The predicted octanol–water partition coefficient (Wildman–Crippen LogP) is 2.71. The van der Waals surface area contributed by atoms with Gasteiger partial charge in [-0.05, 0) is 43.7 Å². The zero-order chi connectivity index (χ0) is 14.7. The van der Waals surface area contributed by atoms with Crippen LogP contribution < -0.4 is 11.4 Å². The number of aromatic amines is 1. The minimum Gasteiger partial charge on any atom is -0.324 e. The Hall–Kier alpha value is -1.53. The van der Waals surface area contributed by atoms with Crippen LogP contribution in [0.2, 0.25) is 0 Å². The van der Waals surface area contributed by atoms with Gasteiger partial charge in [-0.3, -0.25) is 4.57 Å². The number of hydrogen-bond donors (Lipinski definition) is 2. The topological polar surface area (TPSA) is 76.7 Å². The van der Waals surface area contributed by atoms with Crippen LogP contribution in [0, 0.1) is 0 Å². The normalized spacial score (nSPS) is 12.8. The Kier molecular flexibility index (Phi) is 4.67. The lowest BCUT2D eigenvalue weighted by atomic mass is 10.1. The Balaban J connectivity index is 2.38. The molecule has 0 spiro atoms. The highest BCUT2D eigenvalue weighted by molar-refractivity contribution is 7.99. The SMILES string of the molecule is CCC(N)c1ccccc1Sc1n[nH]c(=O)n1C(C)C. The van der Waals surface area contributed by atoms with Gasteiger partial charge < -0.3 is 5.73 Å². The van der Waals surface area contributed by atoms with Gasteiger partial charge in [0.15, 0.2) is 5.16 Å². The lowest BCUT2D eigenvalue weighted by Gasteiger charge is -2.15.